The predicted molar refractivity (Wildman–Crippen MR) is 136 cm³/mol. The van der Waals surface area contributed by atoms with Gasteiger partial charge in [0.25, 0.3) is 0 Å². The second-order valence-electron chi connectivity index (χ2n) is 8.29. The van der Waals surface area contributed by atoms with Gasteiger partial charge in [0.2, 0.25) is 15.9 Å². The van der Waals surface area contributed by atoms with E-state index in [1.54, 1.807) is 18.2 Å². The number of hydrogen-bond donors (Lipinski definition) is 5. The Kier molecular flexibility index (Phi) is 9.13. The number of nitrogens with zero attached hydrogens (tertiary/aromatic N) is 1. The number of anilines is 5. The summed E-state index contributed by atoms with van der Waals surface area (Å²) in [5.41, 5.74) is 0.708. The first-order valence-electron chi connectivity index (χ1n) is 11.4. The smallest absolute Gasteiger partial charge is 0.475 e. The molecular weight excluding hydrogens is 584 g/mol. The van der Waals surface area contributed by atoms with Crippen LogP contribution in [0.3, 0.4) is 0 Å². The van der Waals surface area contributed by atoms with E-state index in [1.165, 1.54) is 31.3 Å². The lowest BCUT2D eigenvalue weighted by Gasteiger charge is -2.19. The number of hydrogen-bond acceptors (Lipinski definition) is 7. The standard InChI is InChI=1S/C22H20F3N5O3S.C2HF3O2/c1-26-34(32,33)19-5-3-2-4-17(19)29-18-11-20(27-12-15(18)22(23,24)25)28-14-7-8-16-13(10-14)6-9-21(31)30-16;3-2(4,5)1(6)7/h2-5,7-8,10-12,26H,6,9H2,1H3,(H,30,31)(H2,27,28,29);(H,6,7). The van der Waals surface area contributed by atoms with Crippen LogP contribution >= 0.6 is 0 Å². The minimum Gasteiger partial charge on any atom is -0.475 e. The van der Waals surface area contributed by atoms with Crippen LogP contribution in [0.4, 0.5) is 54.9 Å². The van der Waals surface area contributed by atoms with Crippen molar-refractivity contribution >= 4 is 50.5 Å². The molecule has 0 fully saturated rings. The van der Waals surface area contributed by atoms with Crippen molar-refractivity contribution in [3.05, 3.63) is 65.9 Å². The highest BCUT2D eigenvalue weighted by molar-refractivity contribution is 7.89. The molecule has 1 aliphatic heterocycles. The van der Waals surface area contributed by atoms with E-state index >= 15 is 0 Å². The fourth-order valence-electron chi connectivity index (χ4n) is 3.52. The first-order chi connectivity index (χ1) is 19.0. The van der Waals surface area contributed by atoms with Crippen LogP contribution in [0.15, 0.2) is 59.6 Å². The zero-order chi connectivity index (χ0) is 30.6. The van der Waals surface area contributed by atoms with Gasteiger partial charge >= 0.3 is 18.3 Å². The van der Waals surface area contributed by atoms with Gasteiger partial charge in [-0.3, -0.25) is 4.79 Å². The SMILES string of the molecule is CNS(=O)(=O)c1ccccc1Nc1cc(Nc2ccc3c(c2)CCC(=O)N3)ncc1C(F)(F)F.O=C(O)C(F)(F)F. The van der Waals surface area contributed by atoms with E-state index in [2.05, 4.69) is 25.7 Å². The summed E-state index contributed by atoms with van der Waals surface area (Å²) in [6.45, 7) is 0. The van der Waals surface area contributed by atoms with Crippen LogP contribution < -0.4 is 20.7 Å². The van der Waals surface area contributed by atoms with E-state index in [0.717, 1.165) is 11.6 Å². The molecule has 0 bridgehead atoms. The van der Waals surface area contributed by atoms with Crippen LogP contribution in [-0.2, 0) is 32.2 Å². The molecule has 0 spiro atoms. The van der Waals surface area contributed by atoms with Gasteiger partial charge in [0.15, 0.2) is 0 Å². The van der Waals surface area contributed by atoms with E-state index in [-0.39, 0.29) is 28.0 Å². The zero-order valence-electron chi connectivity index (χ0n) is 20.8. The number of carboxylic acid groups (broad SMARTS) is 1. The molecule has 0 unspecified atom stereocenters. The van der Waals surface area contributed by atoms with E-state index in [0.29, 0.717) is 30.4 Å². The number of carbonyl (C=O) groups is 2. The number of nitrogens with one attached hydrogen (secondary N) is 4. The molecule has 1 amide bonds. The topological polar surface area (TPSA) is 150 Å². The summed E-state index contributed by atoms with van der Waals surface area (Å²) in [5.74, 6) is -2.72. The van der Waals surface area contributed by atoms with E-state index < -0.39 is 33.9 Å². The Labute approximate surface area is 228 Å². The molecule has 0 atom stereocenters. The van der Waals surface area contributed by atoms with Crippen molar-refractivity contribution in [3.63, 3.8) is 0 Å². The Morgan fingerprint density at radius 1 is 0.976 bits per heavy atom. The van der Waals surface area contributed by atoms with Gasteiger partial charge in [-0.25, -0.2) is 22.9 Å². The monoisotopic (exact) mass is 605 g/mol. The number of pyridine rings is 1. The second-order valence-corrected chi connectivity index (χ2v) is 10.1. The molecule has 2 aromatic carbocycles. The first-order valence-corrected chi connectivity index (χ1v) is 12.9. The average molecular weight is 606 g/mol. The maximum Gasteiger partial charge on any atom is 0.490 e. The third kappa shape index (κ3) is 8.07. The maximum absolute atomic E-state index is 13.7. The molecule has 220 valence electrons. The van der Waals surface area contributed by atoms with Crippen molar-refractivity contribution < 1.29 is 49.5 Å². The van der Waals surface area contributed by atoms with Crippen LogP contribution in [0.5, 0.6) is 0 Å². The van der Waals surface area contributed by atoms with Crippen LogP contribution in [0.25, 0.3) is 0 Å². The minimum atomic E-state index is -5.08. The first kappa shape index (κ1) is 31.2. The number of para-hydroxylation sites is 1. The van der Waals surface area contributed by atoms with Crippen molar-refractivity contribution in [2.75, 3.05) is 23.0 Å². The molecule has 0 saturated heterocycles. The quantitative estimate of drug-likeness (QED) is 0.246. The molecule has 0 saturated carbocycles. The van der Waals surface area contributed by atoms with Crippen molar-refractivity contribution in [2.45, 2.75) is 30.1 Å². The number of carboxylic acids is 1. The third-order valence-electron chi connectivity index (χ3n) is 5.44. The van der Waals surface area contributed by atoms with Crippen LogP contribution in [0.1, 0.15) is 17.5 Å². The Balaban J connectivity index is 0.000000587. The van der Waals surface area contributed by atoms with Crippen LogP contribution in [-0.4, -0.2) is 43.6 Å². The van der Waals surface area contributed by atoms with Crippen molar-refractivity contribution in [1.29, 1.82) is 0 Å². The molecule has 2 heterocycles. The van der Waals surface area contributed by atoms with Gasteiger partial charge < -0.3 is 21.1 Å². The summed E-state index contributed by atoms with van der Waals surface area (Å²) < 4.78 is 99.5. The number of alkyl halides is 6. The number of benzene rings is 2. The van der Waals surface area contributed by atoms with E-state index in [1.807, 2.05) is 0 Å². The van der Waals surface area contributed by atoms with Gasteiger partial charge in [0.05, 0.1) is 16.9 Å². The maximum atomic E-state index is 13.7. The van der Waals surface area contributed by atoms with E-state index in [4.69, 9.17) is 9.90 Å². The Hall–Kier alpha value is -4.38. The molecular formula is C24H21F6N5O5S. The van der Waals surface area contributed by atoms with Gasteiger partial charge in [0, 0.05) is 30.1 Å². The predicted octanol–water partition coefficient (Wildman–Crippen LogP) is 5.01. The fourth-order valence-corrected chi connectivity index (χ4v) is 4.41. The largest absolute Gasteiger partial charge is 0.490 e. The van der Waals surface area contributed by atoms with E-state index in [9.17, 15) is 39.6 Å². The molecule has 1 aliphatic rings. The number of sulfonamides is 1. The second kappa shape index (κ2) is 12.0. The highest BCUT2D eigenvalue weighted by Crippen LogP contribution is 2.38. The molecule has 10 nitrogen and oxygen atoms in total. The van der Waals surface area contributed by atoms with Gasteiger partial charge in [-0.1, -0.05) is 12.1 Å². The molecule has 0 aliphatic carbocycles. The summed E-state index contributed by atoms with van der Waals surface area (Å²) >= 11 is 0. The number of amides is 1. The molecule has 1 aromatic heterocycles. The van der Waals surface area contributed by atoms with Crippen molar-refractivity contribution in [1.82, 2.24) is 9.71 Å². The van der Waals surface area contributed by atoms with Gasteiger partial charge in [-0.05, 0) is 49.4 Å². The minimum absolute atomic E-state index is 0.0241. The highest BCUT2D eigenvalue weighted by Gasteiger charge is 2.38. The van der Waals surface area contributed by atoms with Crippen LogP contribution in [0.2, 0.25) is 0 Å². The van der Waals surface area contributed by atoms with Gasteiger partial charge in [0.1, 0.15) is 10.7 Å². The summed E-state index contributed by atoms with van der Waals surface area (Å²) in [7, 11) is -2.71. The lowest BCUT2D eigenvalue weighted by Crippen LogP contribution is -2.21. The summed E-state index contributed by atoms with van der Waals surface area (Å²) in [4.78, 5) is 24.1. The van der Waals surface area contributed by atoms with Crippen molar-refractivity contribution in [2.24, 2.45) is 0 Å². The summed E-state index contributed by atoms with van der Waals surface area (Å²) in [6, 6.07) is 12.0. The van der Waals surface area contributed by atoms with Gasteiger partial charge in [-0.2, -0.15) is 26.3 Å². The number of halogens is 6. The zero-order valence-corrected chi connectivity index (χ0v) is 21.6. The summed E-state index contributed by atoms with van der Waals surface area (Å²) in [5, 5.41) is 15.5. The lowest BCUT2D eigenvalue weighted by atomic mass is 10.0. The Morgan fingerprint density at radius 3 is 2.24 bits per heavy atom. The van der Waals surface area contributed by atoms with Crippen LogP contribution in [0, 0.1) is 0 Å². The Morgan fingerprint density at radius 2 is 1.63 bits per heavy atom. The third-order valence-corrected chi connectivity index (χ3v) is 6.91. The number of carbonyl (C=O) groups excluding carboxylic acids is 1. The lowest BCUT2D eigenvalue weighted by molar-refractivity contribution is -0.192. The normalized spacial score (nSPS) is 13.3. The number of rotatable bonds is 6. The Bertz CT molecular complexity index is 1560. The molecule has 4 rings (SSSR count). The summed E-state index contributed by atoms with van der Waals surface area (Å²) in [6.07, 6.45) is -8.24. The molecule has 41 heavy (non-hydrogen) atoms. The van der Waals surface area contributed by atoms with Crippen molar-refractivity contribution in [3.8, 4) is 0 Å². The number of aliphatic carboxylic acids is 1. The number of fused-ring (bicyclic) bond motifs is 1. The number of aromatic nitrogens is 1. The molecule has 17 heteroatoms. The molecule has 5 N–H and O–H groups in total. The average Bonchev–Trinajstić information content (AvgIpc) is 2.88. The molecule has 3 aromatic rings. The highest BCUT2D eigenvalue weighted by atomic mass is 32.2. The number of aryl methyl sites for hydroxylation is 1. The molecule has 0 radical (unpaired) electrons. The van der Waals surface area contributed by atoms with Gasteiger partial charge in [-0.15, -0.1) is 0 Å². The fraction of sp³-hybridized carbons (Fsp3) is 0.208.